The molecule has 1 aromatic rings. The van der Waals surface area contributed by atoms with Gasteiger partial charge in [-0.05, 0) is 43.5 Å². The molecule has 0 spiro atoms. The Morgan fingerprint density at radius 1 is 1.44 bits per heavy atom. The lowest BCUT2D eigenvalue weighted by atomic mass is 9.89. The maximum Gasteiger partial charge on any atom is 0.119 e. The molecule has 0 radical (unpaired) electrons. The molecule has 1 unspecified atom stereocenters. The molecule has 2 N–H and O–H groups in total. The molecule has 90 valence electrons. The molecule has 0 aliphatic rings. The van der Waals surface area contributed by atoms with Crippen LogP contribution in [0.15, 0.2) is 22.7 Å². The highest BCUT2D eigenvalue weighted by Crippen LogP contribution is 2.26. The maximum absolute atomic E-state index is 6.26. The second kappa shape index (κ2) is 5.69. The Morgan fingerprint density at radius 3 is 2.69 bits per heavy atom. The van der Waals surface area contributed by atoms with Crippen LogP contribution in [0.3, 0.4) is 0 Å². The fourth-order valence-corrected chi connectivity index (χ4v) is 2.29. The quantitative estimate of drug-likeness (QED) is 0.899. The lowest BCUT2D eigenvalue weighted by Crippen LogP contribution is -2.38. The Kier molecular flexibility index (Phi) is 4.81. The molecule has 0 aliphatic carbocycles. The Balaban J connectivity index is 2.87. The summed E-state index contributed by atoms with van der Waals surface area (Å²) >= 11 is 3.55. The van der Waals surface area contributed by atoms with Gasteiger partial charge in [-0.2, -0.15) is 0 Å². The molecule has 0 bridgehead atoms. The van der Waals surface area contributed by atoms with E-state index < -0.39 is 0 Å². The molecular weight excluding hydrogens is 266 g/mol. The van der Waals surface area contributed by atoms with E-state index in [0.29, 0.717) is 0 Å². The number of nitrogens with two attached hydrogens (primary N) is 1. The van der Waals surface area contributed by atoms with Crippen molar-refractivity contribution >= 4 is 15.9 Å². The van der Waals surface area contributed by atoms with Crippen molar-refractivity contribution < 1.29 is 4.74 Å². The minimum atomic E-state index is -0.149. The maximum atomic E-state index is 6.26. The van der Waals surface area contributed by atoms with Crippen LogP contribution in [0.5, 0.6) is 5.75 Å². The zero-order valence-electron chi connectivity index (χ0n) is 10.2. The van der Waals surface area contributed by atoms with Gasteiger partial charge in [0.15, 0.2) is 0 Å². The Morgan fingerprint density at radius 2 is 2.12 bits per heavy atom. The van der Waals surface area contributed by atoms with Crippen LogP contribution in [0.2, 0.25) is 0 Å². The summed E-state index contributed by atoms with van der Waals surface area (Å²) in [5.74, 6) is 0.880. The molecule has 2 nitrogen and oxygen atoms in total. The van der Waals surface area contributed by atoms with Gasteiger partial charge in [0.05, 0.1) is 7.11 Å². The van der Waals surface area contributed by atoms with Crippen molar-refractivity contribution in [3.63, 3.8) is 0 Å². The minimum Gasteiger partial charge on any atom is -0.497 e. The van der Waals surface area contributed by atoms with Crippen molar-refractivity contribution in [2.45, 2.75) is 38.6 Å². The van der Waals surface area contributed by atoms with Crippen LogP contribution < -0.4 is 10.5 Å². The first-order chi connectivity index (χ1) is 7.48. The molecular formula is C13H20BrNO. The molecule has 0 heterocycles. The second-order valence-electron chi connectivity index (χ2n) is 4.54. The number of rotatable bonds is 5. The standard InChI is InChI=1S/C13H20BrNO/c1-4-7-13(2,15)9-10-8-11(16-3)5-6-12(10)14/h5-6,8H,4,7,9,15H2,1-3H3. The molecule has 0 fully saturated rings. The fourth-order valence-electron chi connectivity index (χ4n) is 1.91. The highest BCUT2D eigenvalue weighted by molar-refractivity contribution is 9.10. The normalized spacial score (nSPS) is 14.6. The van der Waals surface area contributed by atoms with Crippen molar-refractivity contribution in [3.8, 4) is 5.75 Å². The third kappa shape index (κ3) is 3.80. The number of hydrogen-bond acceptors (Lipinski definition) is 2. The van der Waals surface area contributed by atoms with Crippen molar-refractivity contribution in [3.05, 3.63) is 28.2 Å². The summed E-state index contributed by atoms with van der Waals surface area (Å²) in [7, 11) is 1.68. The number of ether oxygens (including phenoxy) is 1. The SMILES string of the molecule is CCCC(C)(N)Cc1cc(OC)ccc1Br. The van der Waals surface area contributed by atoms with Crippen molar-refractivity contribution in [2.75, 3.05) is 7.11 Å². The van der Waals surface area contributed by atoms with Gasteiger partial charge in [0.1, 0.15) is 5.75 Å². The third-order valence-electron chi connectivity index (χ3n) is 2.67. The molecule has 0 saturated heterocycles. The molecule has 1 atom stereocenters. The molecule has 16 heavy (non-hydrogen) atoms. The van der Waals surface area contributed by atoms with Gasteiger partial charge in [0.25, 0.3) is 0 Å². The van der Waals surface area contributed by atoms with E-state index in [4.69, 9.17) is 10.5 Å². The molecule has 0 amide bonds. The smallest absolute Gasteiger partial charge is 0.119 e. The summed E-state index contributed by atoms with van der Waals surface area (Å²) < 4.78 is 6.32. The Hall–Kier alpha value is -0.540. The van der Waals surface area contributed by atoms with Crippen LogP contribution in [0.4, 0.5) is 0 Å². The number of benzene rings is 1. The van der Waals surface area contributed by atoms with Gasteiger partial charge in [-0.15, -0.1) is 0 Å². The highest BCUT2D eigenvalue weighted by atomic mass is 79.9. The van der Waals surface area contributed by atoms with E-state index >= 15 is 0 Å². The van der Waals surface area contributed by atoms with Crippen molar-refractivity contribution in [1.29, 1.82) is 0 Å². The summed E-state index contributed by atoms with van der Waals surface area (Å²) in [5, 5.41) is 0. The summed E-state index contributed by atoms with van der Waals surface area (Å²) in [4.78, 5) is 0. The molecule has 0 saturated carbocycles. The number of halogens is 1. The van der Waals surface area contributed by atoms with E-state index in [2.05, 4.69) is 29.8 Å². The van der Waals surface area contributed by atoms with Crippen LogP contribution in [-0.4, -0.2) is 12.6 Å². The summed E-state index contributed by atoms with van der Waals surface area (Å²) in [6, 6.07) is 6.00. The minimum absolute atomic E-state index is 0.149. The number of methoxy groups -OCH3 is 1. The Bertz CT molecular complexity index is 350. The van der Waals surface area contributed by atoms with Gasteiger partial charge in [0.2, 0.25) is 0 Å². The van der Waals surface area contributed by atoms with E-state index in [9.17, 15) is 0 Å². The zero-order valence-corrected chi connectivity index (χ0v) is 11.8. The molecule has 0 aliphatic heterocycles. The van der Waals surface area contributed by atoms with Crippen LogP contribution in [0.1, 0.15) is 32.3 Å². The van der Waals surface area contributed by atoms with E-state index in [1.807, 2.05) is 18.2 Å². The lowest BCUT2D eigenvalue weighted by Gasteiger charge is -2.24. The highest BCUT2D eigenvalue weighted by Gasteiger charge is 2.19. The van der Waals surface area contributed by atoms with E-state index in [0.717, 1.165) is 29.5 Å². The van der Waals surface area contributed by atoms with Gasteiger partial charge < -0.3 is 10.5 Å². The van der Waals surface area contributed by atoms with Crippen LogP contribution in [0, 0.1) is 0 Å². The Labute approximate surface area is 106 Å². The predicted octanol–water partition coefficient (Wildman–Crippen LogP) is 3.52. The first-order valence-corrected chi connectivity index (χ1v) is 6.39. The summed E-state index contributed by atoms with van der Waals surface area (Å²) in [6.45, 7) is 4.26. The first-order valence-electron chi connectivity index (χ1n) is 5.60. The summed E-state index contributed by atoms with van der Waals surface area (Å²) in [5.41, 5.74) is 7.32. The van der Waals surface area contributed by atoms with Gasteiger partial charge in [0, 0.05) is 10.0 Å². The molecule has 3 heteroatoms. The van der Waals surface area contributed by atoms with E-state index in [1.54, 1.807) is 7.11 Å². The van der Waals surface area contributed by atoms with Crippen molar-refractivity contribution in [1.82, 2.24) is 0 Å². The largest absolute Gasteiger partial charge is 0.497 e. The topological polar surface area (TPSA) is 35.2 Å². The van der Waals surface area contributed by atoms with Gasteiger partial charge in [-0.1, -0.05) is 29.3 Å². The molecule has 0 aromatic heterocycles. The molecule has 1 aromatic carbocycles. The van der Waals surface area contributed by atoms with Crippen LogP contribution in [0.25, 0.3) is 0 Å². The predicted molar refractivity (Wildman–Crippen MR) is 71.9 cm³/mol. The third-order valence-corrected chi connectivity index (χ3v) is 3.44. The number of hydrogen-bond donors (Lipinski definition) is 1. The van der Waals surface area contributed by atoms with E-state index in [1.165, 1.54) is 5.56 Å². The zero-order chi connectivity index (χ0) is 12.2. The van der Waals surface area contributed by atoms with Crippen LogP contribution in [-0.2, 0) is 6.42 Å². The van der Waals surface area contributed by atoms with E-state index in [-0.39, 0.29) is 5.54 Å². The van der Waals surface area contributed by atoms with Crippen molar-refractivity contribution in [2.24, 2.45) is 5.73 Å². The van der Waals surface area contributed by atoms with Gasteiger partial charge in [-0.25, -0.2) is 0 Å². The van der Waals surface area contributed by atoms with Gasteiger partial charge >= 0.3 is 0 Å². The fraction of sp³-hybridized carbons (Fsp3) is 0.538. The first kappa shape index (κ1) is 13.5. The average Bonchev–Trinajstić information content (AvgIpc) is 2.21. The van der Waals surface area contributed by atoms with Gasteiger partial charge in [-0.3, -0.25) is 0 Å². The monoisotopic (exact) mass is 285 g/mol. The summed E-state index contributed by atoms with van der Waals surface area (Å²) in [6.07, 6.45) is 2.99. The lowest BCUT2D eigenvalue weighted by molar-refractivity contribution is 0.408. The second-order valence-corrected chi connectivity index (χ2v) is 5.39. The van der Waals surface area contributed by atoms with Crippen LogP contribution >= 0.6 is 15.9 Å². The molecule has 1 rings (SSSR count). The average molecular weight is 286 g/mol.